The molecule has 0 spiro atoms. The number of benzene rings is 1. The smallest absolute Gasteiger partial charge is 0.0778 e. The van der Waals surface area contributed by atoms with Crippen molar-refractivity contribution in [2.24, 2.45) is 5.84 Å². The monoisotopic (exact) mass is 222 g/mol. The number of hydrogen-bond acceptors (Lipinski definition) is 3. The summed E-state index contributed by atoms with van der Waals surface area (Å²) >= 11 is 0. The molecule has 3 heteroatoms. The highest BCUT2D eigenvalue weighted by Gasteiger charge is 2.20. The molecule has 0 heterocycles. The Morgan fingerprint density at radius 1 is 1.44 bits per heavy atom. The van der Waals surface area contributed by atoms with Crippen LogP contribution in [0.25, 0.3) is 0 Å². The lowest BCUT2D eigenvalue weighted by Gasteiger charge is -2.25. The van der Waals surface area contributed by atoms with E-state index >= 15 is 0 Å². The zero-order valence-electron chi connectivity index (χ0n) is 10.4. The molecular formula is C13H22N2O. The van der Waals surface area contributed by atoms with Crippen molar-refractivity contribution >= 4 is 0 Å². The van der Waals surface area contributed by atoms with Crippen LogP contribution in [0.1, 0.15) is 36.9 Å². The molecule has 1 rings (SSSR count). The van der Waals surface area contributed by atoms with Gasteiger partial charge in [0.1, 0.15) is 0 Å². The van der Waals surface area contributed by atoms with Crippen molar-refractivity contribution in [2.75, 3.05) is 7.11 Å². The van der Waals surface area contributed by atoms with E-state index in [-0.39, 0.29) is 12.1 Å². The molecule has 0 aliphatic carbocycles. The second-order valence-electron chi connectivity index (χ2n) is 4.12. The molecule has 2 unspecified atom stereocenters. The van der Waals surface area contributed by atoms with Gasteiger partial charge in [0.15, 0.2) is 0 Å². The highest BCUT2D eigenvalue weighted by Crippen LogP contribution is 2.22. The van der Waals surface area contributed by atoms with Crippen molar-refractivity contribution in [3.8, 4) is 0 Å². The highest BCUT2D eigenvalue weighted by molar-refractivity contribution is 5.25. The molecular weight excluding hydrogens is 200 g/mol. The standard InChI is InChI=1S/C13H22N2O/c1-4-6-12(16-3)13(15-14)11-8-5-7-10(2)9-11/h5,7-9,12-13,15H,4,6,14H2,1-3H3. The van der Waals surface area contributed by atoms with Crippen LogP contribution in [0.3, 0.4) is 0 Å². The predicted molar refractivity (Wildman–Crippen MR) is 66.9 cm³/mol. The van der Waals surface area contributed by atoms with Crippen LogP contribution in [-0.2, 0) is 4.74 Å². The third-order valence-corrected chi connectivity index (χ3v) is 2.83. The average Bonchev–Trinajstić information content (AvgIpc) is 2.29. The van der Waals surface area contributed by atoms with E-state index in [9.17, 15) is 0 Å². The first-order chi connectivity index (χ1) is 7.72. The molecule has 0 bridgehead atoms. The highest BCUT2D eigenvalue weighted by atomic mass is 16.5. The summed E-state index contributed by atoms with van der Waals surface area (Å²) in [6.45, 7) is 4.23. The Bertz CT molecular complexity index is 315. The summed E-state index contributed by atoms with van der Waals surface area (Å²) in [5.41, 5.74) is 5.28. The number of aryl methyl sites for hydroxylation is 1. The van der Waals surface area contributed by atoms with Gasteiger partial charge in [-0.3, -0.25) is 11.3 Å². The first kappa shape index (κ1) is 13.2. The van der Waals surface area contributed by atoms with E-state index in [1.807, 2.05) is 6.07 Å². The van der Waals surface area contributed by atoms with E-state index in [1.165, 1.54) is 11.1 Å². The second kappa shape index (κ2) is 6.63. The molecule has 0 aliphatic heterocycles. The molecule has 3 nitrogen and oxygen atoms in total. The summed E-state index contributed by atoms with van der Waals surface area (Å²) in [4.78, 5) is 0. The Balaban J connectivity index is 2.87. The molecule has 0 fully saturated rings. The SMILES string of the molecule is CCCC(OC)C(NN)c1cccc(C)c1. The summed E-state index contributed by atoms with van der Waals surface area (Å²) in [5.74, 6) is 5.63. The van der Waals surface area contributed by atoms with Crippen LogP contribution >= 0.6 is 0 Å². The van der Waals surface area contributed by atoms with Crippen molar-refractivity contribution in [3.63, 3.8) is 0 Å². The van der Waals surface area contributed by atoms with Crippen LogP contribution in [0.15, 0.2) is 24.3 Å². The fraction of sp³-hybridized carbons (Fsp3) is 0.538. The van der Waals surface area contributed by atoms with E-state index < -0.39 is 0 Å². The summed E-state index contributed by atoms with van der Waals surface area (Å²) in [6.07, 6.45) is 2.21. The van der Waals surface area contributed by atoms with Gasteiger partial charge in [-0.25, -0.2) is 0 Å². The van der Waals surface area contributed by atoms with E-state index in [0.717, 1.165) is 12.8 Å². The Kier molecular flexibility index (Phi) is 5.46. The van der Waals surface area contributed by atoms with Gasteiger partial charge >= 0.3 is 0 Å². The van der Waals surface area contributed by atoms with Gasteiger partial charge in [-0.2, -0.15) is 0 Å². The summed E-state index contributed by atoms with van der Waals surface area (Å²) in [5, 5.41) is 0. The Labute approximate surface area is 98.0 Å². The molecule has 1 aromatic rings. The van der Waals surface area contributed by atoms with Gasteiger partial charge < -0.3 is 4.74 Å². The molecule has 90 valence electrons. The normalized spacial score (nSPS) is 14.8. The van der Waals surface area contributed by atoms with Crippen molar-refractivity contribution in [1.82, 2.24) is 5.43 Å². The molecule has 16 heavy (non-hydrogen) atoms. The lowest BCUT2D eigenvalue weighted by atomic mass is 9.97. The Morgan fingerprint density at radius 3 is 2.69 bits per heavy atom. The minimum Gasteiger partial charge on any atom is -0.379 e. The molecule has 0 amide bonds. The summed E-state index contributed by atoms with van der Waals surface area (Å²) in [7, 11) is 1.74. The number of ether oxygens (including phenoxy) is 1. The minimum atomic E-state index is 0.0600. The predicted octanol–water partition coefficient (Wildman–Crippen LogP) is 2.31. The molecule has 0 radical (unpaired) electrons. The van der Waals surface area contributed by atoms with Crippen LogP contribution in [0, 0.1) is 6.92 Å². The lowest BCUT2D eigenvalue weighted by Crippen LogP contribution is -2.37. The number of methoxy groups -OCH3 is 1. The van der Waals surface area contributed by atoms with Crippen LogP contribution in [0.4, 0.5) is 0 Å². The van der Waals surface area contributed by atoms with Gasteiger partial charge in [-0.05, 0) is 18.9 Å². The second-order valence-corrected chi connectivity index (χ2v) is 4.12. The third kappa shape index (κ3) is 3.30. The first-order valence-corrected chi connectivity index (χ1v) is 5.78. The molecule has 2 atom stereocenters. The zero-order valence-corrected chi connectivity index (χ0v) is 10.4. The molecule has 1 aromatic carbocycles. The summed E-state index contributed by atoms with van der Waals surface area (Å²) in [6, 6.07) is 8.42. The fourth-order valence-corrected chi connectivity index (χ4v) is 1.99. The van der Waals surface area contributed by atoms with Crippen LogP contribution in [0.5, 0.6) is 0 Å². The average molecular weight is 222 g/mol. The fourth-order valence-electron chi connectivity index (χ4n) is 1.99. The van der Waals surface area contributed by atoms with Gasteiger partial charge in [0, 0.05) is 7.11 Å². The Morgan fingerprint density at radius 2 is 2.19 bits per heavy atom. The topological polar surface area (TPSA) is 47.3 Å². The van der Waals surface area contributed by atoms with Gasteiger partial charge in [0.05, 0.1) is 12.1 Å². The molecule has 0 aliphatic rings. The van der Waals surface area contributed by atoms with E-state index in [1.54, 1.807) is 7.11 Å². The van der Waals surface area contributed by atoms with Gasteiger partial charge in [0.25, 0.3) is 0 Å². The van der Waals surface area contributed by atoms with E-state index in [2.05, 4.69) is 37.5 Å². The maximum Gasteiger partial charge on any atom is 0.0778 e. The van der Waals surface area contributed by atoms with E-state index in [4.69, 9.17) is 10.6 Å². The number of nitrogens with two attached hydrogens (primary N) is 1. The number of nitrogens with one attached hydrogen (secondary N) is 1. The molecule has 0 saturated heterocycles. The lowest BCUT2D eigenvalue weighted by molar-refractivity contribution is 0.0606. The van der Waals surface area contributed by atoms with Crippen molar-refractivity contribution < 1.29 is 4.74 Å². The van der Waals surface area contributed by atoms with Crippen LogP contribution < -0.4 is 11.3 Å². The molecule has 0 aromatic heterocycles. The van der Waals surface area contributed by atoms with Crippen LogP contribution in [-0.4, -0.2) is 13.2 Å². The maximum atomic E-state index is 5.63. The van der Waals surface area contributed by atoms with Gasteiger partial charge in [-0.15, -0.1) is 0 Å². The van der Waals surface area contributed by atoms with E-state index in [0.29, 0.717) is 0 Å². The quantitative estimate of drug-likeness (QED) is 0.573. The number of rotatable bonds is 6. The number of hydrogen-bond donors (Lipinski definition) is 2. The largest absolute Gasteiger partial charge is 0.379 e. The zero-order chi connectivity index (χ0) is 12.0. The van der Waals surface area contributed by atoms with Crippen LogP contribution in [0.2, 0.25) is 0 Å². The summed E-state index contributed by atoms with van der Waals surface area (Å²) < 4.78 is 5.50. The first-order valence-electron chi connectivity index (χ1n) is 5.78. The third-order valence-electron chi connectivity index (χ3n) is 2.83. The van der Waals surface area contributed by atoms with Crippen molar-refractivity contribution in [2.45, 2.75) is 38.8 Å². The molecule has 3 N–H and O–H groups in total. The minimum absolute atomic E-state index is 0.0600. The van der Waals surface area contributed by atoms with Gasteiger partial charge in [0.2, 0.25) is 0 Å². The van der Waals surface area contributed by atoms with Crippen molar-refractivity contribution in [1.29, 1.82) is 0 Å². The molecule has 0 saturated carbocycles. The number of hydrazine groups is 1. The van der Waals surface area contributed by atoms with Gasteiger partial charge in [-0.1, -0.05) is 43.2 Å². The van der Waals surface area contributed by atoms with Crippen molar-refractivity contribution in [3.05, 3.63) is 35.4 Å². The Hall–Kier alpha value is -0.900. The maximum absolute atomic E-state index is 5.63.